The molecule has 0 spiro atoms. The molecule has 1 heterocycles. The lowest BCUT2D eigenvalue weighted by atomic mass is 10.1. The molecule has 0 aliphatic rings. The van der Waals surface area contributed by atoms with Crippen LogP contribution in [0.4, 0.5) is 11.4 Å². The molecule has 2 aromatic rings. The zero-order valence-corrected chi connectivity index (χ0v) is 10.0. The zero-order chi connectivity index (χ0) is 13.0. The van der Waals surface area contributed by atoms with Crippen LogP contribution < -0.4 is 16.4 Å². The summed E-state index contributed by atoms with van der Waals surface area (Å²) in [5, 5.41) is 5.70. The van der Waals surface area contributed by atoms with E-state index < -0.39 is 0 Å². The van der Waals surface area contributed by atoms with Crippen LogP contribution in [0.1, 0.15) is 16.2 Å². The number of aromatic amines is 1. The van der Waals surface area contributed by atoms with E-state index >= 15 is 0 Å². The molecule has 0 atom stereocenters. The molecule has 0 radical (unpaired) electrons. The summed E-state index contributed by atoms with van der Waals surface area (Å²) in [6.45, 7) is 0.552. The van der Waals surface area contributed by atoms with E-state index in [0.29, 0.717) is 17.8 Å². The van der Waals surface area contributed by atoms with Crippen LogP contribution in [0.15, 0.2) is 30.6 Å². The molecule has 2 rings (SSSR count). The Morgan fingerprint density at radius 3 is 2.94 bits per heavy atom. The first kappa shape index (κ1) is 12.0. The third-order valence-corrected chi connectivity index (χ3v) is 2.54. The predicted molar refractivity (Wildman–Crippen MR) is 70.2 cm³/mol. The molecule has 1 amide bonds. The molecule has 0 saturated carbocycles. The standard InChI is InChI=1S/C12H15N5O/c1-14-12(18)8-2-3-10(9(13)6-8)17-7-11-15-4-5-16-11/h2-6,17H,7,13H2,1H3,(H,14,18)(H,15,16). The number of nitrogen functional groups attached to an aromatic ring is 1. The molecule has 0 aliphatic heterocycles. The number of hydrogen-bond acceptors (Lipinski definition) is 4. The summed E-state index contributed by atoms with van der Waals surface area (Å²) < 4.78 is 0. The van der Waals surface area contributed by atoms with Gasteiger partial charge in [-0.05, 0) is 18.2 Å². The molecule has 5 N–H and O–H groups in total. The van der Waals surface area contributed by atoms with Crippen molar-refractivity contribution < 1.29 is 4.79 Å². The summed E-state index contributed by atoms with van der Waals surface area (Å²) in [5.41, 5.74) is 7.73. The van der Waals surface area contributed by atoms with Crippen molar-refractivity contribution in [2.45, 2.75) is 6.54 Å². The highest BCUT2D eigenvalue weighted by Gasteiger charge is 2.06. The molecule has 0 bridgehead atoms. The van der Waals surface area contributed by atoms with Gasteiger partial charge < -0.3 is 21.4 Å². The molecular formula is C12H15N5O. The number of rotatable bonds is 4. The van der Waals surface area contributed by atoms with Crippen LogP contribution in [0.25, 0.3) is 0 Å². The minimum atomic E-state index is -0.153. The number of carbonyl (C=O) groups is 1. The SMILES string of the molecule is CNC(=O)c1ccc(NCc2ncc[nH]2)c(N)c1. The number of imidazole rings is 1. The molecule has 0 saturated heterocycles. The van der Waals surface area contributed by atoms with Crippen LogP contribution in [0.3, 0.4) is 0 Å². The number of benzene rings is 1. The van der Waals surface area contributed by atoms with Crippen LogP contribution in [-0.4, -0.2) is 22.9 Å². The predicted octanol–water partition coefficient (Wildman–Crippen LogP) is 0.964. The maximum Gasteiger partial charge on any atom is 0.251 e. The lowest BCUT2D eigenvalue weighted by molar-refractivity contribution is 0.0963. The van der Waals surface area contributed by atoms with E-state index in [9.17, 15) is 4.79 Å². The zero-order valence-electron chi connectivity index (χ0n) is 10.0. The summed E-state index contributed by atoms with van der Waals surface area (Å²) >= 11 is 0. The van der Waals surface area contributed by atoms with Gasteiger partial charge >= 0.3 is 0 Å². The second kappa shape index (κ2) is 5.22. The molecular weight excluding hydrogens is 230 g/mol. The Hall–Kier alpha value is -2.50. The van der Waals surface area contributed by atoms with Crippen LogP contribution in [0.2, 0.25) is 0 Å². The quantitative estimate of drug-likeness (QED) is 0.603. The van der Waals surface area contributed by atoms with E-state index in [4.69, 9.17) is 5.73 Å². The lowest BCUT2D eigenvalue weighted by Gasteiger charge is -2.09. The molecule has 6 nitrogen and oxygen atoms in total. The van der Waals surface area contributed by atoms with Crippen molar-refractivity contribution in [1.82, 2.24) is 15.3 Å². The van der Waals surface area contributed by atoms with Crippen molar-refractivity contribution in [2.75, 3.05) is 18.1 Å². The molecule has 1 aromatic carbocycles. The van der Waals surface area contributed by atoms with E-state index in [1.807, 2.05) is 0 Å². The van der Waals surface area contributed by atoms with Gasteiger partial charge in [0.2, 0.25) is 0 Å². The fourth-order valence-electron chi connectivity index (χ4n) is 1.58. The monoisotopic (exact) mass is 245 g/mol. The first-order valence-corrected chi connectivity index (χ1v) is 5.54. The van der Waals surface area contributed by atoms with Gasteiger partial charge in [0, 0.05) is 25.0 Å². The van der Waals surface area contributed by atoms with Gasteiger partial charge in [-0.15, -0.1) is 0 Å². The molecule has 94 valence electrons. The smallest absolute Gasteiger partial charge is 0.251 e. The van der Waals surface area contributed by atoms with Crippen LogP contribution in [0, 0.1) is 0 Å². The molecule has 0 unspecified atom stereocenters. The summed E-state index contributed by atoms with van der Waals surface area (Å²) in [4.78, 5) is 18.5. The average Bonchev–Trinajstić information content (AvgIpc) is 2.89. The molecule has 6 heteroatoms. The van der Waals surface area contributed by atoms with E-state index in [2.05, 4.69) is 20.6 Å². The first-order valence-electron chi connectivity index (χ1n) is 5.54. The average molecular weight is 245 g/mol. The van der Waals surface area contributed by atoms with Crippen molar-refractivity contribution in [1.29, 1.82) is 0 Å². The third kappa shape index (κ3) is 2.60. The van der Waals surface area contributed by atoms with Crippen LogP contribution >= 0.6 is 0 Å². The Morgan fingerprint density at radius 2 is 2.33 bits per heavy atom. The Morgan fingerprint density at radius 1 is 1.50 bits per heavy atom. The number of anilines is 2. The van der Waals surface area contributed by atoms with Crippen molar-refractivity contribution in [3.05, 3.63) is 42.0 Å². The van der Waals surface area contributed by atoms with Gasteiger partial charge in [0.05, 0.1) is 17.9 Å². The van der Waals surface area contributed by atoms with Crippen molar-refractivity contribution in [3.63, 3.8) is 0 Å². The number of nitrogens with two attached hydrogens (primary N) is 1. The molecule has 18 heavy (non-hydrogen) atoms. The number of amides is 1. The lowest BCUT2D eigenvalue weighted by Crippen LogP contribution is -2.18. The minimum Gasteiger partial charge on any atom is -0.397 e. The van der Waals surface area contributed by atoms with Gasteiger partial charge in [-0.2, -0.15) is 0 Å². The summed E-state index contributed by atoms with van der Waals surface area (Å²) in [7, 11) is 1.58. The normalized spacial score (nSPS) is 10.1. The van der Waals surface area contributed by atoms with Gasteiger partial charge in [-0.25, -0.2) is 4.98 Å². The van der Waals surface area contributed by atoms with Crippen LogP contribution in [0.5, 0.6) is 0 Å². The number of hydrogen-bond donors (Lipinski definition) is 4. The minimum absolute atomic E-state index is 0.153. The molecule has 1 aromatic heterocycles. The van der Waals surface area contributed by atoms with Gasteiger partial charge in [0.25, 0.3) is 5.91 Å². The molecule has 0 fully saturated rings. The Balaban J connectivity index is 2.08. The second-order valence-electron chi connectivity index (χ2n) is 3.77. The van der Waals surface area contributed by atoms with E-state index in [1.165, 1.54) is 0 Å². The second-order valence-corrected chi connectivity index (χ2v) is 3.77. The number of H-pyrrole nitrogens is 1. The summed E-state index contributed by atoms with van der Waals surface area (Å²) in [6, 6.07) is 5.14. The maximum atomic E-state index is 11.4. The van der Waals surface area contributed by atoms with E-state index in [1.54, 1.807) is 37.6 Å². The van der Waals surface area contributed by atoms with Crippen LogP contribution in [-0.2, 0) is 6.54 Å². The van der Waals surface area contributed by atoms with Crippen molar-refractivity contribution >= 4 is 17.3 Å². The van der Waals surface area contributed by atoms with Gasteiger partial charge in [-0.3, -0.25) is 4.79 Å². The van der Waals surface area contributed by atoms with Crippen molar-refractivity contribution in [3.8, 4) is 0 Å². The van der Waals surface area contributed by atoms with E-state index in [-0.39, 0.29) is 5.91 Å². The third-order valence-electron chi connectivity index (χ3n) is 2.54. The number of aromatic nitrogens is 2. The first-order chi connectivity index (χ1) is 8.70. The maximum absolute atomic E-state index is 11.4. The number of carbonyl (C=O) groups excluding carboxylic acids is 1. The van der Waals surface area contributed by atoms with Crippen molar-refractivity contribution in [2.24, 2.45) is 0 Å². The fourth-order valence-corrected chi connectivity index (χ4v) is 1.58. The van der Waals surface area contributed by atoms with Gasteiger partial charge in [0.15, 0.2) is 0 Å². The Labute approximate surface area is 105 Å². The van der Waals surface area contributed by atoms with E-state index in [0.717, 1.165) is 11.5 Å². The largest absolute Gasteiger partial charge is 0.397 e. The van der Waals surface area contributed by atoms with Gasteiger partial charge in [0.1, 0.15) is 5.82 Å². The highest BCUT2D eigenvalue weighted by molar-refractivity contribution is 5.95. The highest BCUT2D eigenvalue weighted by atomic mass is 16.1. The fraction of sp³-hybridized carbons (Fsp3) is 0.167. The summed E-state index contributed by atoms with van der Waals surface area (Å²) in [6.07, 6.45) is 3.45. The molecule has 0 aliphatic carbocycles. The summed E-state index contributed by atoms with van der Waals surface area (Å²) in [5.74, 6) is 0.670. The number of nitrogens with zero attached hydrogens (tertiary/aromatic N) is 1. The topological polar surface area (TPSA) is 95.8 Å². The number of nitrogens with one attached hydrogen (secondary N) is 3. The highest BCUT2D eigenvalue weighted by Crippen LogP contribution is 2.20. The Kier molecular flexibility index (Phi) is 3.47. The van der Waals surface area contributed by atoms with Gasteiger partial charge in [-0.1, -0.05) is 0 Å². The Bertz CT molecular complexity index is 535.